The molecule has 1 amide bonds. The highest BCUT2D eigenvalue weighted by molar-refractivity contribution is 5.94. The van der Waals surface area contributed by atoms with Crippen LogP contribution in [0.2, 0.25) is 0 Å². The highest BCUT2D eigenvalue weighted by atomic mass is 16.3. The van der Waals surface area contributed by atoms with Gasteiger partial charge in [-0.1, -0.05) is 32.9 Å². The zero-order valence-corrected chi connectivity index (χ0v) is 13.6. The molecule has 0 bridgehead atoms. The molecule has 1 aromatic rings. The van der Waals surface area contributed by atoms with Gasteiger partial charge in [-0.3, -0.25) is 4.79 Å². The fourth-order valence-corrected chi connectivity index (χ4v) is 2.82. The Morgan fingerprint density at radius 1 is 1.38 bits per heavy atom. The van der Waals surface area contributed by atoms with Crippen molar-refractivity contribution < 1.29 is 9.90 Å². The van der Waals surface area contributed by atoms with E-state index in [9.17, 15) is 9.90 Å². The highest BCUT2D eigenvalue weighted by Crippen LogP contribution is 2.27. The third-order valence-electron chi connectivity index (χ3n) is 4.99. The Morgan fingerprint density at radius 2 is 2.00 bits per heavy atom. The minimum Gasteiger partial charge on any atom is -0.393 e. The van der Waals surface area contributed by atoms with Crippen LogP contribution in [0, 0.1) is 5.92 Å². The van der Waals surface area contributed by atoms with Crippen molar-refractivity contribution in [2.75, 3.05) is 13.1 Å². The van der Waals surface area contributed by atoms with E-state index < -0.39 is 0 Å². The number of benzene rings is 1. The maximum absolute atomic E-state index is 12.5. The van der Waals surface area contributed by atoms with Crippen molar-refractivity contribution in [2.24, 2.45) is 5.92 Å². The van der Waals surface area contributed by atoms with E-state index >= 15 is 0 Å². The van der Waals surface area contributed by atoms with Gasteiger partial charge >= 0.3 is 0 Å². The zero-order chi connectivity index (χ0) is 15.6. The van der Waals surface area contributed by atoms with Crippen LogP contribution < -0.4 is 0 Å². The molecule has 21 heavy (non-hydrogen) atoms. The first-order valence-corrected chi connectivity index (χ1v) is 7.93. The first-order valence-electron chi connectivity index (χ1n) is 7.93. The number of amides is 1. The van der Waals surface area contributed by atoms with Crippen LogP contribution in [0.3, 0.4) is 0 Å². The number of carbonyl (C=O) groups is 1. The van der Waals surface area contributed by atoms with Gasteiger partial charge in [-0.15, -0.1) is 0 Å². The molecule has 3 nitrogen and oxygen atoms in total. The molecule has 3 heteroatoms. The third kappa shape index (κ3) is 3.46. The Labute approximate surface area is 128 Å². The Balaban J connectivity index is 2.07. The summed E-state index contributed by atoms with van der Waals surface area (Å²) in [5.41, 5.74) is 2.16. The predicted molar refractivity (Wildman–Crippen MR) is 85.5 cm³/mol. The van der Waals surface area contributed by atoms with Gasteiger partial charge in [-0.25, -0.2) is 0 Å². The average Bonchev–Trinajstić information content (AvgIpc) is 2.96. The number of nitrogens with zero attached hydrogens (tertiary/aromatic N) is 1. The van der Waals surface area contributed by atoms with Crippen molar-refractivity contribution in [2.45, 2.75) is 52.1 Å². The van der Waals surface area contributed by atoms with Crippen LogP contribution in [-0.2, 0) is 5.41 Å². The summed E-state index contributed by atoms with van der Waals surface area (Å²) >= 11 is 0. The summed E-state index contributed by atoms with van der Waals surface area (Å²) < 4.78 is 0. The van der Waals surface area contributed by atoms with Crippen molar-refractivity contribution in [3.63, 3.8) is 0 Å². The fraction of sp³-hybridized carbons (Fsp3) is 0.611. The summed E-state index contributed by atoms with van der Waals surface area (Å²) in [5, 5.41) is 9.64. The number of hydrogen-bond acceptors (Lipinski definition) is 2. The van der Waals surface area contributed by atoms with Gasteiger partial charge in [-0.2, -0.15) is 0 Å². The quantitative estimate of drug-likeness (QED) is 0.924. The molecule has 1 saturated heterocycles. The average molecular weight is 289 g/mol. The SMILES string of the molecule is CCC(C)(C)c1ccc(C(=O)N2CCC(C(C)O)C2)cc1. The van der Waals surface area contributed by atoms with Crippen LogP contribution in [0.15, 0.2) is 24.3 Å². The second-order valence-electron chi connectivity index (χ2n) is 6.86. The first kappa shape index (κ1) is 16.0. The van der Waals surface area contributed by atoms with Gasteiger partial charge in [0, 0.05) is 24.6 Å². The van der Waals surface area contributed by atoms with Crippen LogP contribution in [0.4, 0.5) is 0 Å². The van der Waals surface area contributed by atoms with Crippen molar-refractivity contribution in [3.8, 4) is 0 Å². The lowest BCUT2D eigenvalue weighted by molar-refractivity contribution is 0.0762. The summed E-state index contributed by atoms with van der Waals surface area (Å²) in [4.78, 5) is 14.3. The maximum Gasteiger partial charge on any atom is 0.253 e. The molecule has 1 aliphatic rings. The zero-order valence-electron chi connectivity index (χ0n) is 13.6. The van der Waals surface area contributed by atoms with Crippen LogP contribution >= 0.6 is 0 Å². The molecule has 0 radical (unpaired) electrons. The number of aliphatic hydroxyl groups excluding tert-OH is 1. The molecule has 0 saturated carbocycles. The molecule has 2 atom stereocenters. The van der Waals surface area contributed by atoms with E-state index in [1.54, 1.807) is 6.92 Å². The second kappa shape index (κ2) is 6.18. The van der Waals surface area contributed by atoms with E-state index in [-0.39, 0.29) is 23.3 Å². The van der Waals surface area contributed by atoms with E-state index in [2.05, 4.69) is 32.9 Å². The Hall–Kier alpha value is -1.35. The van der Waals surface area contributed by atoms with Crippen LogP contribution in [0.5, 0.6) is 0 Å². The molecular formula is C18H27NO2. The molecule has 1 fully saturated rings. The normalized spacial score (nSPS) is 20.6. The predicted octanol–water partition coefficient (Wildman–Crippen LogP) is 3.22. The number of likely N-dealkylation sites (tertiary alicyclic amines) is 1. The fourth-order valence-electron chi connectivity index (χ4n) is 2.82. The van der Waals surface area contributed by atoms with Crippen molar-refractivity contribution in [1.82, 2.24) is 4.90 Å². The van der Waals surface area contributed by atoms with Gasteiger partial charge in [-0.05, 0) is 42.9 Å². The number of carbonyl (C=O) groups excluding carboxylic acids is 1. The van der Waals surface area contributed by atoms with E-state index in [0.717, 1.165) is 24.9 Å². The monoisotopic (exact) mass is 289 g/mol. The van der Waals surface area contributed by atoms with E-state index in [1.807, 2.05) is 17.0 Å². The molecule has 1 aromatic carbocycles. The standard InChI is InChI=1S/C18H27NO2/c1-5-18(3,4)16-8-6-14(7-9-16)17(21)19-11-10-15(12-19)13(2)20/h6-9,13,15,20H,5,10-12H2,1-4H3. The van der Waals surface area contributed by atoms with E-state index in [1.165, 1.54) is 5.56 Å². The Bertz CT molecular complexity index is 490. The van der Waals surface area contributed by atoms with Gasteiger partial charge in [0.05, 0.1) is 6.10 Å². The summed E-state index contributed by atoms with van der Waals surface area (Å²) in [7, 11) is 0. The molecular weight excluding hydrogens is 262 g/mol. The minimum absolute atomic E-state index is 0.0824. The van der Waals surface area contributed by atoms with Crippen molar-refractivity contribution >= 4 is 5.91 Å². The lowest BCUT2D eigenvalue weighted by Gasteiger charge is -2.24. The molecule has 1 aliphatic heterocycles. The lowest BCUT2D eigenvalue weighted by Crippen LogP contribution is -2.30. The van der Waals surface area contributed by atoms with Crippen molar-refractivity contribution in [1.29, 1.82) is 0 Å². The summed E-state index contributed by atoms with van der Waals surface area (Å²) in [6.07, 6.45) is 1.63. The molecule has 0 aliphatic carbocycles. The molecule has 1 heterocycles. The van der Waals surface area contributed by atoms with Crippen molar-refractivity contribution in [3.05, 3.63) is 35.4 Å². The summed E-state index contributed by atoms with van der Waals surface area (Å²) in [6.45, 7) is 9.84. The summed E-state index contributed by atoms with van der Waals surface area (Å²) in [6, 6.07) is 8.01. The van der Waals surface area contributed by atoms with Crippen LogP contribution in [0.25, 0.3) is 0 Å². The number of aliphatic hydroxyl groups is 1. The van der Waals surface area contributed by atoms with E-state index in [0.29, 0.717) is 6.54 Å². The van der Waals surface area contributed by atoms with Gasteiger partial charge in [0.2, 0.25) is 0 Å². The minimum atomic E-state index is -0.337. The van der Waals surface area contributed by atoms with E-state index in [4.69, 9.17) is 0 Å². The van der Waals surface area contributed by atoms with Gasteiger partial charge in [0.15, 0.2) is 0 Å². The number of rotatable bonds is 4. The second-order valence-corrected chi connectivity index (χ2v) is 6.86. The topological polar surface area (TPSA) is 40.5 Å². The van der Waals surface area contributed by atoms with Crippen LogP contribution in [0.1, 0.15) is 56.5 Å². The lowest BCUT2D eigenvalue weighted by atomic mass is 9.82. The largest absolute Gasteiger partial charge is 0.393 e. The Morgan fingerprint density at radius 3 is 2.48 bits per heavy atom. The summed E-state index contributed by atoms with van der Waals surface area (Å²) in [5.74, 6) is 0.297. The molecule has 0 spiro atoms. The highest BCUT2D eigenvalue weighted by Gasteiger charge is 2.29. The molecule has 0 aromatic heterocycles. The number of hydrogen-bond donors (Lipinski definition) is 1. The van der Waals surface area contributed by atoms with Gasteiger partial charge in [0.25, 0.3) is 5.91 Å². The Kier molecular flexibility index (Phi) is 4.72. The molecule has 116 valence electrons. The molecule has 1 N–H and O–H groups in total. The van der Waals surface area contributed by atoms with Gasteiger partial charge in [0.1, 0.15) is 0 Å². The maximum atomic E-state index is 12.5. The molecule has 2 unspecified atom stereocenters. The third-order valence-corrected chi connectivity index (χ3v) is 4.99. The van der Waals surface area contributed by atoms with Gasteiger partial charge < -0.3 is 10.0 Å². The first-order chi connectivity index (χ1) is 9.85. The van der Waals surface area contributed by atoms with Crippen LogP contribution in [-0.4, -0.2) is 35.1 Å². The molecule has 2 rings (SSSR count). The smallest absolute Gasteiger partial charge is 0.253 e.